The molecule has 0 aliphatic rings. The molecular weight excluding hydrogens is 306 g/mol. The smallest absolute Gasteiger partial charge is 0.335 e. The van der Waals surface area contributed by atoms with E-state index in [1.165, 1.54) is 17.7 Å². The Morgan fingerprint density at radius 1 is 1.08 bits per heavy atom. The average Bonchev–Trinajstić information content (AvgIpc) is 2.55. The van der Waals surface area contributed by atoms with E-state index in [1.54, 1.807) is 12.1 Å². The first-order valence-corrected chi connectivity index (χ1v) is 7.74. The molecule has 24 heavy (non-hydrogen) atoms. The lowest BCUT2D eigenvalue weighted by atomic mass is 10.1. The lowest BCUT2D eigenvalue weighted by Crippen LogP contribution is -2.24. The van der Waals surface area contributed by atoms with Crippen LogP contribution in [0.1, 0.15) is 33.5 Å². The molecule has 0 unspecified atom stereocenters. The molecule has 2 N–H and O–H groups in total. The summed E-state index contributed by atoms with van der Waals surface area (Å²) in [6.07, 6.45) is 0.264. The quantitative estimate of drug-likeness (QED) is 0.819. The Bertz CT molecular complexity index is 723. The standard InChI is InChI=1S/C19H21NO4/c1-13-3-8-17(14(2)11-13)24-10-9-18(21)20-12-15-4-6-16(7-5-15)19(22)23/h3-8,11H,9-10,12H2,1-2H3,(H,20,21)(H,22,23). The molecule has 126 valence electrons. The third-order valence-corrected chi connectivity index (χ3v) is 3.61. The highest BCUT2D eigenvalue weighted by atomic mass is 16.5. The lowest BCUT2D eigenvalue weighted by molar-refractivity contribution is -0.121. The number of aryl methyl sites for hydroxylation is 2. The Kier molecular flexibility index (Phi) is 5.95. The summed E-state index contributed by atoms with van der Waals surface area (Å²) in [5, 5.41) is 11.6. The summed E-state index contributed by atoms with van der Waals surface area (Å²) >= 11 is 0. The minimum atomic E-state index is -0.964. The number of benzene rings is 2. The van der Waals surface area contributed by atoms with Crippen molar-refractivity contribution in [2.75, 3.05) is 6.61 Å². The second-order valence-corrected chi connectivity index (χ2v) is 5.65. The largest absolute Gasteiger partial charge is 0.493 e. The van der Waals surface area contributed by atoms with Crippen LogP contribution in [0, 0.1) is 13.8 Å². The van der Waals surface area contributed by atoms with Crippen LogP contribution in [0.2, 0.25) is 0 Å². The van der Waals surface area contributed by atoms with Gasteiger partial charge in [0, 0.05) is 6.54 Å². The van der Waals surface area contributed by atoms with Gasteiger partial charge in [-0.05, 0) is 43.2 Å². The maximum absolute atomic E-state index is 11.8. The van der Waals surface area contributed by atoms with Crippen LogP contribution < -0.4 is 10.1 Å². The predicted octanol–water partition coefficient (Wildman–Crippen LogP) is 3.09. The monoisotopic (exact) mass is 327 g/mol. The Balaban J connectivity index is 1.74. The summed E-state index contributed by atoms with van der Waals surface area (Å²) in [6, 6.07) is 12.3. The Labute approximate surface area is 141 Å². The first-order chi connectivity index (χ1) is 11.5. The third-order valence-electron chi connectivity index (χ3n) is 3.61. The summed E-state index contributed by atoms with van der Waals surface area (Å²) in [5.74, 6) is -0.283. The topological polar surface area (TPSA) is 75.6 Å². The van der Waals surface area contributed by atoms with Crippen molar-refractivity contribution in [3.8, 4) is 5.75 Å². The van der Waals surface area contributed by atoms with Gasteiger partial charge in [0.05, 0.1) is 18.6 Å². The number of carbonyl (C=O) groups excluding carboxylic acids is 1. The van der Waals surface area contributed by atoms with Gasteiger partial charge in [0.1, 0.15) is 5.75 Å². The molecule has 0 aliphatic heterocycles. The van der Waals surface area contributed by atoms with Crippen molar-refractivity contribution in [1.29, 1.82) is 0 Å². The van der Waals surface area contributed by atoms with E-state index in [0.717, 1.165) is 16.9 Å². The molecule has 1 amide bonds. The number of carbonyl (C=O) groups is 2. The number of nitrogens with one attached hydrogen (secondary N) is 1. The highest BCUT2D eigenvalue weighted by molar-refractivity contribution is 5.87. The molecule has 0 atom stereocenters. The van der Waals surface area contributed by atoms with E-state index < -0.39 is 5.97 Å². The first kappa shape index (κ1) is 17.5. The average molecular weight is 327 g/mol. The van der Waals surface area contributed by atoms with Crippen LogP contribution in [0.15, 0.2) is 42.5 Å². The van der Waals surface area contributed by atoms with Gasteiger partial charge in [-0.3, -0.25) is 4.79 Å². The van der Waals surface area contributed by atoms with E-state index in [2.05, 4.69) is 5.32 Å². The first-order valence-electron chi connectivity index (χ1n) is 7.74. The summed E-state index contributed by atoms with van der Waals surface area (Å²) in [5.41, 5.74) is 3.30. The van der Waals surface area contributed by atoms with Gasteiger partial charge >= 0.3 is 5.97 Å². The van der Waals surface area contributed by atoms with E-state index in [1.807, 2.05) is 32.0 Å². The normalized spacial score (nSPS) is 10.2. The molecule has 0 spiro atoms. The molecule has 0 fully saturated rings. The molecule has 5 heteroatoms. The van der Waals surface area contributed by atoms with Crippen LogP contribution >= 0.6 is 0 Å². The van der Waals surface area contributed by atoms with Crippen molar-refractivity contribution in [2.45, 2.75) is 26.8 Å². The van der Waals surface area contributed by atoms with E-state index in [-0.39, 0.29) is 17.9 Å². The minimum absolute atomic E-state index is 0.109. The van der Waals surface area contributed by atoms with Crippen LogP contribution in [-0.2, 0) is 11.3 Å². The van der Waals surface area contributed by atoms with Crippen molar-refractivity contribution in [3.05, 3.63) is 64.7 Å². The zero-order valence-corrected chi connectivity index (χ0v) is 13.8. The number of ether oxygens (including phenoxy) is 1. The Morgan fingerprint density at radius 2 is 1.79 bits per heavy atom. The van der Waals surface area contributed by atoms with Gasteiger partial charge in [0.2, 0.25) is 5.91 Å². The highest BCUT2D eigenvalue weighted by Gasteiger charge is 2.05. The number of hydrogen-bond acceptors (Lipinski definition) is 3. The fourth-order valence-electron chi connectivity index (χ4n) is 2.27. The van der Waals surface area contributed by atoms with Gasteiger partial charge in [0.25, 0.3) is 0 Å². The Morgan fingerprint density at radius 3 is 2.42 bits per heavy atom. The summed E-state index contributed by atoms with van der Waals surface area (Å²) in [4.78, 5) is 22.6. The second-order valence-electron chi connectivity index (χ2n) is 5.65. The third kappa shape index (κ3) is 5.12. The SMILES string of the molecule is Cc1ccc(OCCC(=O)NCc2ccc(C(=O)O)cc2)c(C)c1. The maximum Gasteiger partial charge on any atom is 0.335 e. The summed E-state index contributed by atoms with van der Waals surface area (Å²) in [6.45, 7) is 4.67. The highest BCUT2D eigenvalue weighted by Crippen LogP contribution is 2.18. The zero-order valence-electron chi connectivity index (χ0n) is 13.8. The van der Waals surface area contributed by atoms with E-state index in [0.29, 0.717) is 13.2 Å². The molecule has 0 aromatic heterocycles. The molecule has 2 rings (SSSR count). The maximum atomic E-state index is 11.8. The number of carboxylic acid groups (broad SMARTS) is 1. The van der Waals surface area contributed by atoms with Crippen LogP contribution in [-0.4, -0.2) is 23.6 Å². The second kappa shape index (κ2) is 8.15. The van der Waals surface area contributed by atoms with Crippen molar-refractivity contribution in [2.24, 2.45) is 0 Å². The summed E-state index contributed by atoms with van der Waals surface area (Å²) in [7, 11) is 0. The fraction of sp³-hybridized carbons (Fsp3) is 0.263. The van der Waals surface area contributed by atoms with Crippen LogP contribution in [0.5, 0.6) is 5.75 Å². The molecule has 0 saturated heterocycles. The molecule has 5 nitrogen and oxygen atoms in total. The van der Waals surface area contributed by atoms with Crippen molar-refractivity contribution in [3.63, 3.8) is 0 Å². The van der Waals surface area contributed by atoms with E-state index in [9.17, 15) is 9.59 Å². The Hall–Kier alpha value is -2.82. The number of amides is 1. The van der Waals surface area contributed by atoms with Gasteiger partial charge in [-0.15, -0.1) is 0 Å². The van der Waals surface area contributed by atoms with Gasteiger partial charge < -0.3 is 15.2 Å². The van der Waals surface area contributed by atoms with Gasteiger partial charge in [-0.2, -0.15) is 0 Å². The molecule has 2 aromatic rings. The number of carboxylic acids is 1. The molecule has 0 bridgehead atoms. The number of rotatable bonds is 7. The predicted molar refractivity (Wildman–Crippen MR) is 91.3 cm³/mol. The van der Waals surface area contributed by atoms with Gasteiger partial charge in [0.15, 0.2) is 0 Å². The lowest BCUT2D eigenvalue weighted by Gasteiger charge is -2.10. The number of aromatic carboxylic acids is 1. The van der Waals surface area contributed by atoms with Gasteiger partial charge in [-0.25, -0.2) is 4.79 Å². The molecule has 0 radical (unpaired) electrons. The fourth-order valence-corrected chi connectivity index (χ4v) is 2.27. The van der Waals surface area contributed by atoms with Crippen molar-refractivity contribution >= 4 is 11.9 Å². The van der Waals surface area contributed by atoms with Crippen molar-refractivity contribution < 1.29 is 19.4 Å². The summed E-state index contributed by atoms with van der Waals surface area (Å²) < 4.78 is 5.63. The molecule has 0 aliphatic carbocycles. The van der Waals surface area contributed by atoms with E-state index in [4.69, 9.17) is 9.84 Å². The molecule has 2 aromatic carbocycles. The van der Waals surface area contributed by atoms with E-state index >= 15 is 0 Å². The van der Waals surface area contributed by atoms with Crippen LogP contribution in [0.25, 0.3) is 0 Å². The van der Waals surface area contributed by atoms with Crippen LogP contribution in [0.3, 0.4) is 0 Å². The van der Waals surface area contributed by atoms with Crippen molar-refractivity contribution in [1.82, 2.24) is 5.32 Å². The number of hydrogen-bond donors (Lipinski definition) is 2. The van der Waals surface area contributed by atoms with Crippen LogP contribution in [0.4, 0.5) is 0 Å². The zero-order chi connectivity index (χ0) is 17.5. The molecular formula is C19H21NO4. The molecule has 0 saturated carbocycles. The minimum Gasteiger partial charge on any atom is -0.493 e. The molecule has 0 heterocycles. The van der Waals surface area contributed by atoms with Gasteiger partial charge in [-0.1, -0.05) is 29.8 Å².